The molecule has 0 saturated carbocycles. The van der Waals surface area contributed by atoms with Gasteiger partial charge in [0.2, 0.25) is 0 Å². The molecule has 2 N–H and O–H groups in total. The van der Waals surface area contributed by atoms with Crippen LogP contribution in [0.15, 0.2) is 4.99 Å². The summed E-state index contributed by atoms with van der Waals surface area (Å²) in [5.41, 5.74) is 0. The quantitative estimate of drug-likeness (QED) is 0.331. The Hall–Kier alpha value is -0.120. The number of halogens is 1. The van der Waals surface area contributed by atoms with Gasteiger partial charge in [-0.25, -0.2) is 0 Å². The minimum absolute atomic E-state index is 0. The molecule has 0 aliphatic carbocycles. The third-order valence-corrected chi connectivity index (χ3v) is 5.67. The molecule has 0 radical (unpaired) electrons. The molecule has 0 bridgehead atoms. The number of rotatable bonds is 7. The van der Waals surface area contributed by atoms with Crippen LogP contribution in [0.5, 0.6) is 0 Å². The van der Waals surface area contributed by atoms with E-state index in [1.54, 1.807) is 0 Å². The van der Waals surface area contributed by atoms with E-state index >= 15 is 0 Å². The van der Waals surface area contributed by atoms with Crippen molar-refractivity contribution in [3.8, 4) is 0 Å². The third-order valence-electron chi connectivity index (χ3n) is 5.67. The van der Waals surface area contributed by atoms with Crippen molar-refractivity contribution in [1.29, 1.82) is 0 Å². The molecule has 2 aliphatic rings. The van der Waals surface area contributed by atoms with Crippen molar-refractivity contribution in [1.82, 2.24) is 20.4 Å². The van der Waals surface area contributed by atoms with Crippen LogP contribution in [0, 0.1) is 11.8 Å². The maximum Gasteiger partial charge on any atom is 0.191 e. The predicted molar refractivity (Wildman–Crippen MR) is 121 cm³/mol. The molecule has 7 heteroatoms. The molecule has 0 amide bonds. The van der Waals surface area contributed by atoms with E-state index in [4.69, 9.17) is 4.74 Å². The first-order chi connectivity index (χ1) is 12.1. The molecule has 1 unspecified atom stereocenters. The molecule has 2 heterocycles. The summed E-state index contributed by atoms with van der Waals surface area (Å²) in [7, 11) is 4.09. The van der Waals surface area contributed by atoms with Crippen LogP contribution in [0.1, 0.15) is 33.1 Å². The number of nitrogens with one attached hydrogen (secondary N) is 2. The zero-order valence-corrected chi connectivity index (χ0v) is 19.5. The lowest BCUT2D eigenvalue weighted by molar-refractivity contribution is 0.00752. The molecule has 2 rings (SSSR count). The van der Waals surface area contributed by atoms with Crippen LogP contribution < -0.4 is 10.6 Å². The van der Waals surface area contributed by atoms with Crippen LogP contribution in [0.25, 0.3) is 0 Å². The first-order valence-electron chi connectivity index (χ1n) is 10.0. The molecule has 6 nitrogen and oxygen atoms in total. The molecule has 0 aromatic heterocycles. The van der Waals surface area contributed by atoms with E-state index in [0.29, 0.717) is 12.0 Å². The van der Waals surface area contributed by atoms with E-state index in [-0.39, 0.29) is 24.0 Å². The van der Waals surface area contributed by atoms with Gasteiger partial charge in [0.05, 0.1) is 13.2 Å². The van der Waals surface area contributed by atoms with Crippen LogP contribution in [0.3, 0.4) is 0 Å². The topological polar surface area (TPSA) is 52.1 Å². The number of likely N-dealkylation sites (tertiary alicyclic amines) is 1. The Morgan fingerprint density at radius 3 is 2.35 bits per heavy atom. The van der Waals surface area contributed by atoms with Crippen LogP contribution >= 0.6 is 24.0 Å². The highest BCUT2D eigenvalue weighted by Crippen LogP contribution is 2.18. The number of aliphatic imine (C=N–C) groups is 1. The second-order valence-electron chi connectivity index (χ2n) is 7.87. The van der Waals surface area contributed by atoms with Crippen molar-refractivity contribution >= 4 is 29.9 Å². The van der Waals surface area contributed by atoms with E-state index in [1.807, 2.05) is 7.05 Å². The standard InChI is InChI=1S/C19H39N5O.HI/c1-16(2)18(24-11-13-25-14-12-24)15-22-19(20-3)21-8-5-17-6-9-23(4)10-7-17;/h16-18H,5-15H2,1-4H3,(H2,20,21,22);1H. The third kappa shape index (κ3) is 8.27. The van der Waals surface area contributed by atoms with E-state index < -0.39 is 0 Å². The highest BCUT2D eigenvalue weighted by atomic mass is 127. The number of nitrogens with zero attached hydrogens (tertiary/aromatic N) is 3. The first-order valence-corrected chi connectivity index (χ1v) is 10.0. The lowest BCUT2D eigenvalue weighted by Gasteiger charge is -2.37. The Morgan fingerprint density at radius 1 is 1.12 bits per heavy atom. The average Bonchev–Trinajstić information content (AvgIpc) is 2.62. The molecule has 2 aliphatic heterocycles. The molecule has 1 atom stereocenters. The second-order valence-corrected chi connectivity index (χ2v) is 7.87. The van der Waals surface area contributed by atoms with Crippen LogP contribution in [0.4, 0.5) is 0 Å². The Morgan fingerprint density at radius 2 is 1.77 bits per heavy atom. The van der Waals surface area contributed by atoms with Gasteiger partial charge in [-0.3, -0.25) is 9.89 Å². The van der Waals surface area contributed by atoms with Gasteiger partial charge in [0.15, 0.2) is 5.96 Å². The van der Waals surface area contributed by atoms with Crippen molar-refractivity contribution in [3.05, 3.63) is 0 Å². The molecule has 26 heavy (non-hydrogen) atoms. The Balaban J connectivity index is 0.00000338. The lowest BCUT2D eigenvalue weighted by atomic mass is 9.94. The Kier molecular flexibility index (Phi) is 12.1. The summed E-state index contributed by atoms with van der Waals surface area (Å²) in [6.45, 7) is 12.8. The van der Waals surface area contributed by atoms with E-state index in [1.165, 1.54) is 32.4 Å². The zero-order chi connectivity index (χ0) is 18.1. The van der Waals surface area contributed by atoms with E-state index in [9.17, 15) is 0 Å². The van der Waals surface area contributed by atoms with Crippen LogP contribution in [-0.2, 0) is 4.74 Å². The van der Waals surface area contributed by atoms with Crippen LogP contribution in [-0.4, -0.2) is 88.4 Å². The highest BCUT2D eigenvalue weighted by molar-refractivity contribution is 14.0. The molecule has 2 saturated heterocycles. The Bertz CT molecular complexity index is 393. The van der Waals surface area contributed by atoms with Gasteiger partial charge in [-0.2, -0.15) is 0 Å². The average molecular weight is 481 g/mol. The van der Waals surface area contributed by atoms with Crippen molar-refractivity contribution in [2.24, 2.45) is 16.8 Å². The summed E-state index contributed by atoms with van der Waals surface area (Å²) in [5, 5.41) is 7.05. The maximum absolute atomic E-state index is 5.49. The summed E-state index contributed by atoms with van der Waals surface area (Å²) in [6.07, 6.45) is 3.90. The minimum Gasteiger partial charge on any atom is -0.379 e. The molecule has 0 aromatic carbocycles. The monoisotopic (exact) mass is 481 g/mol. The molecule has 0 spiro atoms. The fraction of sp³-hybridized carbons (Fsp3) is 0.947. The van der Waals surface area contributed by atoms with Gasteiger partial charge >= 0.3 is 0 Å². The summed E-state index contributed by atoms with van der Waals surface area (Å²) >= 11 is 0. The van der Waals surface area contributed by atoms with E-state index in [0.717, 1.165) is 51.3 Å². The molecule has 0 aromatic rings. The van der Waals surface area contributed by atoms with Gasteiger partial charge in [-0.05, 0) is 51.2 Å². The van der Waals surface area contributed by atoms with Crippen molar-refractivity contribution in [3.63, 3.8) is 0 Å². The minimum atomic E-state index is 0. The number of piperidine rings is 1. The number of ether oxygens (including phenoxy) is 1. The Labute approximate surface area is 177 Å². The molecule has 2 fully saturated rings. The summed E-state index contributed by atoms with van der Waals surface area (Å²) in [4.78, 5) is 9.38. The fourth-order valence-electron chi connectivity index (χ4n) is 3.86. The van der Waals surface area contributed by atoms with Gasteiger partial charge in [-0.1, -0.05) is 13.8 Å². The highest BCUT2D eigenvalue weighted by Gasteiger charge is 2.24. The normalized spacial score (nSPS) is 22.1. The van der Waals surface area contributed by atoms with E-state index in [2.05, 4.69) is 46.3 Å². The largest absolute Gasteiger partial charge is 0.379 e. The number of hydrogen-bond acceptors (Lipinski definition) is 4. The van der Waals surface area contributed by atoms with Gasteiger partial charge < -0.3 is 20.3 Å². The summed E-state index contributed by atoms with van der Waals surface area (Å²) < 4.78 is 5.49. The molecule has 154 valence electrons. The van der Waals surface area contributed by atoms with Crippen molar-refractivity contribution in [2.45, 2.75) is 39.2 Å². The van der Waals surface area contributed by atoms with Crippen LogP contribution in [0.2, 0.25) is 0 Å². The number of guanidine groups is 1. The fourth-order valence-corrected chi connectivity index (χ4v) is 3.86. The predicted octanol–water partition coefficient (Wildman–Crippen LogP) is 1.86. The van der Waals surface area contributed by atoms with Gasteiger partial charge in [-0.15, -0.1) is 24.0 Å². The van der Waals surface area contributed by atoms with Crippen molar-refractivity contribution < 1.29 is 4.74 Å². The van der Waals surface area contributed by atoms with Gasteiger partial charge in [0, 0.05) is 39.3 Å². The summed E-state index contributed by atoms with van der Waals surface area (Å²) in [5.74, 6) is 2.41. The SMILES string of the molecule is CN=C(NCCC1CCN(C)CC1)NCC(C(C)C)N1CCOCC1.I. The van der Waals surface area contributed by atoms with Gasteiger partial charge in [0.1, 0.15) is 0 Å². The maximum atomic E-state index is 5.49. The second kappa shape index (κ2) is 13.1. The zero-order valence-electron chi connectivity index (χ0n) is 17.2. The number of morpholine rings is 1. The van der Waals surface area contributed by atoms with Gasteiger partial charge in [0.25, 0.3) is 0 Å². The molecular weight excluding hydrogens is 441 g/mol. The first kappa shape index (κ1) is 23.9. The van der Waals surface area contributed by atoms with Crippen molar-refractivity contribution in [2.75, 3.05) is 66.6 Å². The smallest absolute Gasteiger partial charge is 0.191 e. The lowest BCUT2D eigenvalue weighted by Crippen LogP contribution is -2.52. The molecular formula is C19H40IN5O. The summed E-state index contributed by atoms with van der Waals surface area (Å²) in [6, 6.07) is 0.524. The number of hydrogen-bond donors (Lipinski definition) is 2.